The maximum atomic E-state index is 10.2. The summed E-state index contributed by atoms with van der Waals surface area (Å²) < 4.78 is 5.40. The van der Waals surface area contributed by atoms with E-state index in [0.717, 1.165) is 71.0 Å². The molecule has 0 unspecified atom stereocenters. The first-order valence-corrected chi connectivity index (χ1v) is 12.8. The van der Waals surface area contributed by atoms with Gasteiger partial charge < -0.3 is 19.8 Å². The van der Waals surface area contributed by atoms with Crippen LogP contribution in [0.5, 0.6) is 0 Å². The summed E-state index contributed by atoms with van der Waals surface area (Å²) in [7, 11) is 0. The minimum absolute atomic E-state index is 0.522. The van der Waals surface area contributed by atoms with Crippen LogP contribution in [0, 0.1) is 13.8 Å². The van der Waals surface area contributed by atoms with Crippen LogP contribution in [0.15, 0.2) is 41.2 Å². The molecule has 3 aromatic heterocycles. The smallest absolute Gasteiger partial charge is 0.227 e. The molecule has 0 saturated carbocycles. The molecule has 0 aliphatic carbocycles. The molecule has 4 heterocycles. The van der Waals surface area contributed by atoms with E-state index < -0.39 is 5.60 Å². The van der Waals surface area contributed by atoms with Gasteiger partial charge in [-0.2, -0.15) is 4.98 Å². The zero-order valence-electron chi connectivity index (χ0n) is 21.6. The first kappa shape index (κ1) is 25.4. The monoisotopic (exact) mass is 521 g/mol. The van der Waals surface area contributed by atoms with Gasteiger partial charge in [0.15, 0.2) is 0 Å². The largest absolute Gasteiger partial charge is 0.389 e. The SMILES string of the molecule is Cc1noc(C)c1-c1ccc2nc(N3CCN(CC(C)(C)O)CC3)nc(NCc3cncc(Cl)c3)c2c1. The summed E-state index contributed by atoms with van der Waals surface area (Å²) in [4.78, 5) is 18.6. The number of fused-ring (bicyclic) bond motifs is 1. The van der Waals surface area contributed by atoms with Crippen molar-refractivity contribution < 1.29 is 9.63 Å². The third-order valence-corrected chi connectivity index (χ3v) is 6.70. The van der Waals surface area contributed by atoms with E-state index in [1.807, 2.05) is 39.8 Å². The Morgan fingerprint density at radius 3 is 2.54 bits per heavy atom. The lowest BCUT2D eigenvalue weighted by Gasteiger charge is -2.37. The number of hydrogen-bond donors (Lipinski definition) is 2. The molecule has 0 bridgehead atoms. The number of rotatable bonds is 7. The molecule has 4 aromatic rings. The van der Waals surface area contributed by atoms with E-state index in [9.17, 15) is 5.11 Å². The van der Waals surface area contributed by atoms with Crippen LogP contribution in [0.25, 0.3) is 22.0 Å². The van der Waals surface area contributed by atoms with Gasteiger partial charge >= 0.3 is 0 Å². The summed E-state index contributed by atoms with van der Waals surface area (Å²) in [6.07, 6.45) is 3.41. The second-order valence-corrected chi connectivity index (χ2v) is 10.7. The highest BCUT2D eigenvalue weighted by Crippen LogP contribution is 2.32. The van der Waals surface area contributed by atoms with Gasteiger partial charge in [0.05, 0.1) is 21.8 Å². The maximum absolute atomic E-state index is 10.2. The fourth-order valence-corrected chi connectivity index (χ4v) is 5.03. The van der Waals surface area contributed by atoms with Gasteiger partial charge in [-0.25, -0.2) is 4.98 Å². The standard InChI is InChI=1S/C27H32ClN7O2/c1-17-24(18(2)37-33-17)20-5-6-23-22(12-20)25(30-14-19-11-21(28)15-29-13-19)32-26(31-23)35-9-7-34(8-10-35)16-27(3,4)36/h5-6,11-13,15,36H,7-10,14,16H2,1-4H3,(H,30,31,32). The van der Waals surface area contributed by atoms with E-state index in [1.54, 1.807) is 12.4 Å². The minimum atomic E-state index is -0.715. The van der Waals surface area contributed by atoms with Gasteiger partial charge in [-0.15, -0.1) is 0 Å². The molecule has 0 atom stereocenters. The lowest BCUT2D eigenvalue weighted by molar-refractivity contribution is 0.0344. The van der Waals surface area contributed by atoms with Crippen molar-refractivity contribution in [3.8, 4) is 11.1 Å². The van der Waals surface area contributed by atoms with Crippen LogP contribution in [-0.4, -0.2) is 68.4 Å². The highest BCUT2D eigenvalue weighted by Gasteiger charge is 2.25. The molecule has 1 fully saturated rings. The Kier molecular flexibility index (Phi) is 7.02. The number of anilines is 2. The fourth-order valence-electron chi connectivity index (χ4n) is 4.83. The van der Waals surface area contributed by atoms with Crippen molar-refractivity contribution in [3.63, 3.8) is 0 Å². The van der Waals surface area contributed by atoms with Crippen molar-refractivity contribution >= 4 is 34.3 Å². The van der Waals surface area contributed by atoms with Gasteiger partial charge in [-0.3, -0.25) is 9.88 Å². The zero-order valence-corrected chi connectivity index (χ0v) is 22.4. The Labute approximate surface area is 221 Å². The Balaban J connectivity index is 1.48. The maximum Gasteiger partial charge on any atom is 0.227 e. The van der Waals surface area contributed by atoms with Crippen LogP contribution in [-0.2, 0) is 6.54 Å². The molecular formula is C27H32ClN7O2. The van der Waals surface area contributed by atoms with Crippen molar-refractivity contribution in [1.82, 2.24) is 25.0 Å². The first-order valence-electron chi connectivity index (χ1n) is 12.4. The highest BCUT2D eigenvalue weighted by atomic mass is 35.5. The number of aromatic nitrogens is 4. The molecule has 0 amide bonds. The fraction of sp³-hybridized carbons (Fsp3) is 0.407. The Morgan fingerprint density at radius 1 is 1.08 bits per heavy atom. The first-order chi connectivity index (χ1) is 17.7. The topological polar surface area (TPSA) is 103 Å². The molecular weight excluding hydrogens is 490 g/mol. The Bertz CT molecular complexity index is 1390. The predicted molar refractivity (Wildman–Crippen MR) is 146 cm³/mol. The number of nitrogens with one attached hydrogen (secondary N) is 1. The molecule has 0 spiro atoms. The van der Waals surface area contributed by atoms with Crippen molar-refractivity contribution in [2.45, 2.75) is 39.8 Å². The molecule has 1 saturated heterocycles. The third kappa shape index (κ3) is 5.84. The number of aliphatic hydroxyl groups is 1. The number of piperazine rings is 1. The molecule has 37 heavy (non-hydrogen) atoms. The summed E-state index contributed by atoms with van der Waals surface area (Å²) in [5, 5.41) is 19.3. The normalized spacial score (nSPS) is 14.9. The molecule has 0 radical (unpaired) electrons. The Morgan fingerprint density at radius 2 is 1.86 bits per heavy atom. The summed E-state index contributed by atoms with van der Waals surface area (Å²) >= 11 is 6.15. The second kappa shape index (κ2) is 10.2. The molecule has 1 aliphatic rings. The van der Waals surface area contributed by atoms with Gasteiger partial charge in [0.2, 0.25) is 5.95 Å². The lowest BCUT2D eigenvalue weighted by atomic mass is 10.0. The highest BCUT2D eigenvalue weighted by molar-refractivity contribution is 6.30. The van der Waals surface area contributed by atoms with Crippen molar-refractivity contribution in [2.24, 2.45) is 0 Å². The van der Waals surface area contributed by atoms with E-state index in [-0.39, 0.29) is 0 Å². The summed E-state index contributed by atoms with van der Waals surface area (Å²) in [5.41, 5.74) is 3.94. The molecule has 10 heteroatoms. The quantitative estimate of drug-likeness (QED) is 0.365. The number of pyridine rings is 1. The molecule has 194 valence electrons. The van der Waals surface area contributed by atoms with Gasteiger partial charge in [0.25, 0.3) is 0 Å². The van der Waals surface area contributed by atoms with Crippen LogP contribution >= 0.6 is 11.6 Å². The summed E-state index contributed by atoms with van der Waals surface area (Å²) in [6.45, 7) is 12.0. The van der Waals surface area contributed by atoms with Crippen molar-refractivity contribution in [3.05, 3.63) is 58.7 Å². The van der Waals surface area contributed by atoms with Gasteiger partial charge in [-0.1, -0.05) is 22.8 Å². The van der Waals surface area contributed by atoms with Crippen LogP contribution in [0.2, 0.25) is 5.02 Å². The number of β-amino-alcohol motifs (C(OH)–C–C–N with tert-alkyl or cyclic N) is 1. The van der Waals surface area contributed by atoms with Crippen LogP contribution in [0.4, 0.5) is 11.8 Å². The number of benzene rings is 1. The molecule has 2 N–H and O–H groups in total. The zero-order chi connectivity index (χ0) is 26.2. The third-order valence-electron chi connectivity index (χ3n) is 6.49. The average Bonchev–Trinajstić information content (AvgIpc) is 3.19. The van der Waals surface area contributed by atoms with Crippen molar-refractivity contribution in [2.75, 3.05) is 42.9 Å². The van der Waals surface area contributed by atoms with Gasteiger partial charge in [-0.05, 0) is 57.0 Å². The summed E-state index contributed by atoms with van der Waals surface area (Å²) in [6, 6.07) is 8.06. The van der Waals surface area contributed by atoms with Gasteiger partial charge in [0.1, 0.15) is 11.6 Å². The number of halogens is 1. The Hall–Kier alpha value is -3.27. The van der Waals surface area contributed by atoms with E-state index in [4.69, 9.17) is 26.1 Å². The van der Waals surface area contributed by atoms with Crippen molar-refractivity contribution in [1.29, 1.82) is 0 Å². The molecule has 9 nitrogen and oxygen atoms in total. The predicted octanol–water partition coefficient (Wildman–Crippen LogP) is 4.46. The van der Waals surface area contributed by atoms with Crippen LogP contribution < -0.4 is 10.2 Å². The lowest BCUT2D eigenvalue weighted by Crippen LogP contribution is -2.50. The van der Waals surface area contributed by atoms with E-state index in [2.05, 4.69) is 37.4 Å². The second-order valence-electron chi connectivity index (χ2n) is 10.2. The number of nitrogens with zero attached hydrogens (tertiary/aromatic N) is 6. The number of aryl methyl sites for hydroxylation is 2. The van der Waals surface area contributed by atoms with E-state index in [1.165, 1.54) is 0 Å². The molecule has 1 aromatic carbocycles. The van der Waals surface area contributed by atoms with Gasteiger partial charge in [0, 0.05) is 62.6 Å². The average molecular weight is 522 g/mol. The van der Waals surface area contributed by atoms with E-state index >= 15 is 0 Å². The molecule has 1 aliphatic heterocycles. The summed E-state index contributed by atoms with van der Waals surface area (Å²) in [5.74, 6) is 2.21. The number of hydrogen-bond acceptors (Lipinski definition) is 9. The molecule has 5 rings (SSSR count). The van der Waals surface area contributed by atoms with Crippen LogP contribution in [0.3, 0.4) is 0 Å². The van der Waals surface area contributed by atoms with E-state index in [0.29, 0.717) is 24.1 Å². The van der Waals surface area contributed by atoms with Crippen LogP contribution in [0.1, 0.15) is 30.9 Å². The minimum Gasteiger partial charge on any atom is -0.389 e.